The molecule has 1 aromatic carbocycles. The fourth-order valence-corrected chi connectivity index (χ4v) is 3.22. The van der Waals surface area contributed by atoms with Crippen LogP contribution in [0.25, 0.3) is 10.6 Å². The minimum absolute atomic E-state index is 0.885. The second-order valence-electron chi connectivity index (χ2n) is 3.82. The fourth-order valence-electron chi connectivity index (χ4n) is 1.69. The standard InChI is InChI=1S/C13H15NS2/c1-9-5-3-4-6-11(9)13-14-10(2)12(16-13)7-8-15/h3-6,15H,7-8H2,1-2H3. The second kappa shape index (κ2) is 5.02. The predicted octanol–water partition coefficient (Wildman–Crippen LogP) is 3.90. The van der Waals surface area contributed by atoms with Crippen molar-refractivity contribution in [3.05, 3.63) is 40.4 Å². The lowest BCUT2D eigenvalue weighted by Crippen LogP contribution is -1.84. The first kappa shape index (κ1) is 11.7. The largest absolute Gasteiger partial charge is 0.241 e. The molecule has 0 saturated heterocycles. The molecule has 0 aliphatic carbocycles. The Morgan fingerprint density at radius 1 is 1.25 bits per heavy atom. The Morgan fingerprint density at radius 3 is 2.69 bits per heavy atom. The third-order valence-corrected chi connectivity index (χ3v) is 4.08. The minimum atomic E-state index is 0.885. The summed E-state index contributed by atoms with van der Waals surface area (Å²) in [5.41, 5.74) is 3.69. The van der Waals surface area contributed by atoms with E-state index in [0.717, 1.165) is 22.9 Å². The van der Waals surface area contributed by atoms with E-state index < -0.39 is 0 Å². The predicted molar refractivity (Wildman–Crippen MR) is 74.6 cm³/mol. The monoisotopic (exact) mass is 249 g/mol. The lowest BCUT2D eigenvalue weighted by atomic mass is 10.1. The van der Waals surface area contributed by atoms with Gasteiger partial charge in [-0.2, -0.15) is 12.6 Å². The maximum atomic E-state index is 4.64. The zero-order chi connectivity index (χ0) is 11.5. The molecule has 2 aromatic rings. The summed E-state index contributed by atoms with van der Waals surface area (Å²) in [5.74, 6) is 0.885. The second-order valence-corrected chi connectivity index (χ2v) is 5.35. The van der Waals surface area contributed by atoms with Gasteiger partial charge < -0.3 is 0 Å². The van der Waals surface area contributed by atoms with Crippen LogP contribution >= 0.6 is 24.0 Å². The lowest BCUT2D eigenvalue weighted by Gasteiger charge is -1.99. The average molecular weight is 249 g/mol. The number of thiazole rings is 1. The molecule has 0 spiro atoms. The number of benzene rings is 1. The average Bonchev–Trinajstić information content (AvgIpc) is 2.61. The van der Waals surface area contributed by atoms with Gasteiger partial charge in [0.1, 0.15) is 5.01 Å². The van der Waals surface area contributed by atoms with Crippen LogP contribution in [0.3, 0.4) is 0 Å². The summed E-state index contributed by atoms with van der Waals surface area (Å²) < 4.78 is 0. The minimum Gasteiger partial charge on any atom is -0.241 e. The van der Waals surface area contributed by atoms with Crippen molar-refractivity contribution in [1.82, 2.24) is 4.98 Å². The quantitative estimate of drug-likeness (QED) is 0.814. The van der Waals surface area contributed by atoms with Crippen molar-refractivity contribution in [3.8, 4) is 10.6 Å². The van der Waals surface area contributed by atoms with Crippen molar-refractivity contribution in [2.45, 2.75) is 20.3 Å². The molecule has 1 aromatic heterocycles. The molecule has 1 heterocycles. The Balaban J connectivity index is 2.42. The highest BCUT2D eigenvalue weighted by Crippen LogP contribution is 2.30. The van der Waals surface area contributed by atoms with E-state index in [-0.39, 0.29) is 0 Å². The third-order valence-electron chi connectivity index (χ3n) is 2.61. The molecule has 16 heavy (non-hydrogen) atoms. The number of hydrogen-bond donors (Lipinski definition) is 1. The Hall–Kier alpha value is -0.800. The van der Waals surface area contributed by atoms with Gasteiger partial charge in [-0.05, 0) is 31.6 Å². The molecule has 0 aliphatic rings. The number of aryl methyl sites for hydroxylation is 3. The van der Waals surface area contributed by atoms with E-state index in [0.29, 0.717) is 0 Å². The maximum absolute atomic E-state index is 4.64. The Labute approximate surface area is 106 Å². The first-order valence-electron chi connectivity index (χ1n) is 5.35. The summed E-state index contributed by atoms with van der Waals surface area (Å²) in [6.45, 7) is 4.21. The molecule has 2 rings (SSSR count). The molecule has 0 bridgehead atoms. The van der Waals surface area contributed by atoms with E-state index in [2.05, 4.69) is 55.7 Å². The van der Waals surface area contributed by atoms with Crippen LogP contribution in [0.1, 0.15) is 16.1 Å². The molecule has 1 nitrogen and oxygen atoms in total. The Kier molecular flexibility index (Phi) is 3.66. The summed E-state index contributed by atoms with van der Waals surface area (Å²) >= 11 is 6.07. The van der Waals surface area contributed by atoms with Gasteiger partial charge in [0.25, 0.3) is 0 Å². The summed E-state index contributed by atoms with van der Waals surface area (Å²) in [5, 5.41) is 1.13. The first-order chi connectivity index (χ1) is 7.72. The van der Waals surface area contributed by atoms with Gasteiger partial charge in [-0.1, -0.05) is 24.3 Å². The van der Waals surface area contributed by atoms with Gasteiger partial charge in [0, 0.05) is 10.4 Å². The summed E-state index contributed by atoms with van der Waals surface area (Å²) in [7, 11) is 0. The SMILES string of the molecule is Cc1ccccc1-c1nc(C)c(CCS)s1. The molecule has 3 heteroatoms. The smallest absolute Gasteiger partial charge is 0.124 e. The van der Waals surface area contributed by atoms with E-state index in [4.69, 9.17) is 0 Å². The number of aromatic nitrogens is 1. The molecule has 0 radical (unpaired) electrons. The number of hydrogen-bond acceptors (Lipinski definition) is 3. The van der Waals surface area contributed by atoms with Crippen LogP contribution in [0.15, 0.2) is 24.3 Å². The van der Waals surface area contributed by atoms with Gasteiger partial charge in [0.15, 0.2) is 0 Å². The highest BCUT2D eigenvalue weighted by atomic mass is 32.1. The molecule has 0 saturated carbocycles. The molecule has 0 aliphatic heterocycles. The van der Waals surface area contributed by atoms with Crippen molar-refractivity contribution < 1.29 is 0 Å². The van der Waals surface area contributed by atoms with Crippen molar-refractivity contribution in [2.75, 3.05) is 5.75 Å². The van der Waals surface area contributed by atoms with Gasteiger partial charge in [0.05, 0.1) is 5.69 Å². The molecule has 0 N–H and O–H groups in total. The Morgan fingerprint density at radius 2 is 2.00 bits per heavy atom. The molecule has 0 unspecified atom stereocenters. The molecular weight excluding hydrogens is 234 g/mol. The lowest BCUT2D eigenvalue weighted by molar-refractivity contribution is 1.13. The molecule has 84 valence electrons. The normalized spacial score (nSPS) is 10.7. The van der Waals surface area contributed by atoms with Crippen molar-refractivity contribution in [2.24, 2.45) is 0 Å². The van der Waals surface area contributed by atoms with Gasteiger partial charge in [-0.3, -0.25) is 0 Å². The van der Waals surface area contributed by atoms with Crippen molar-refractivity contribution >= 4 is 24.0 Å². The molecule has 0 amide bonds. The van der Waals surface area contributed by atoms with Crippen LogP contribution in [0.5, 0.6) is 0 Å². The van der Waals surface area contributed by atoms with Crippen LogP contribution in [0, 0.1) is 13.8 Å². The van der Waals surface area contributed by atoms with E-state index in [1.807, 2.05) is 0 Å². The highest BCUT2D eigenvalue weighted by molar-refractivity contribution is 7.80. The van der Waals surface area contributed by atoms with Gasteiger partial charge in [-0.15, -0.1) is 11.3 Å². The number of nitrogens with zero attached hydrogens (tertiary/aromatic N) is 1. The van der Waals surface area contributed by atoms with Crippen LogP contribution in [0.4, 0.5) is 0 Å². The van der Waals surface area contributed by atoms with Gasteiger partial charge in [0.2, 0.25) is 0 Å². The summed E-state index contributed by atoms with van der Waals surface area (Å²) in [4.78, 5) is 6.00. The zero-order valence-corrected chi connectivity index (χ0v) is 11.2. The fraction of sp³-hybridized carbons (Fsp3) is 0.308. The van der Waals surface area contributed by atoms with Gasteiger partial charge >= 0.3 is 0 Å². The van der Waals surface area contributed by atoms with E-state index >= 15 is 0 Å². The van der Waals surface area contributed by atoms with Gasteiger partial charge in [-0.25, -0.2) is 4.98 Å². The van der Waals surface area contributed by atoms with E-state index in [1.165, 1.54) is 16.0 Å². The molecule has 0 fully saturated rings. The first-order valence-corrected chi connectivity index (χ1v) is 6.80. The molecular formula is C13H15NS2. The zero-order valence-electron chi connectivity index (χ0n) is 9.53. The van der Waals surface area contributed by atoms with Crippen molar-refractivity contribution in [3.63, 3.8) is 0 Å². The maximum Gasteiger partial charge on any atom is 0.124 e. The van der Waals surface area contributed by atoms with Crippen LogP contribution in [-0.2, 0) is 6.42 Å². The summed E-state index contributed by atoms with van der Waals surface area (Å²) in [6.07, 6.45) is 1.01. The van der Waals surface area contributed by atoms with Crippen LogP contribution in [-0.4, -0.2) is 10.7 Å². The number of thiol groups is 1. The third kappa shape index (κ3) is 2.30. The topological polar surface area (TPSA) is 12.9 Å². The van der Waals surface area contributed by atoms with E-state index in [9.17, 15) is 0 Å². The van der Waals surface area contributed by atoms with Crippen LogP contribution in [0.2, 0.25) is 0 Å². The Bertz CT molecular complexity index is 488. The highest BCUT2D eigenvalue weighted by Gasteiger charge is 2.09. The summed E-state index contributed by atoms with van der Waals surface area (Å²) in [6, 6.07) is 8.40. The molecule has 0 atom stereocenters. The van der Waals surface area contributed by atoms with Crippen LogP contribution < -0.4 is 0 Å². The number of rotatable bonds is 3. The van der Waals surface area contributed by atoms with Crippen molar-refractivity contribution in [1.29, 1.82) is 0 Å². The van der Waals surface area contributed by atoms with E-state index in [1.54, 1.807) is 11.3 Å².